The van der Waals surface area contributed by atoms with Crippen LogP contribution in [0.15, 0.2) is 48.5 Å². The summed E-state index contributed by atoms with van der Waals surface area (Å²) in [4.78, 5) is 0. The van der Waals surface area contributed by atoms with Crippen molar-refractivity contribution in [3.8, 4) is 0 Å². The number of rotatable bonds is 0. The molecule has 0 fully saturated rings. The van der Waals surface area contributed by atoms with Gasteiger partial charge < -0.3 is 0 Å². The van der Waals surface area contributed by atoms with Gasteiger partial charge in [-0.15, -0.1) is 0 Å². The van der Waals surface area contributed by atoms with Gasteiger partial charge in [-0.05, 0) is 57.9 Å². The van der Waals surface area contributed by atoms with Crippen LogP contribution in [0, 0.1) is 12.1 Å². The van der Waals surface area contributed by atoms with Crippen molar-refractivity contribution in [1.82, 2.24) is 0 Å². The molecule has 0 saturated carbocycles. The van der Waals surface area contributed by atoms with E-state index in [-0.39, 0.29) is 0 Å². The molecule has 0 N–H and O–H groups in total. The number of hydrogen-bond acceptors (Lipinski definition) is 0. The number of fused-ring (bicyclic) bond motifs is 2. The lowest BCUT2D eigenvalue weighted by Gasteiger charge is -2.00. The van der Waals surface area contributed by atoms with E-state index in [0.29, 0.717) is 0 Å². The first kappa shape index (κ1) is 7.57. The van der Waals surface area contributed by atoms with Crippen molar-refractivity contribution in [2.75, 3.05) is 0 Å². The summed E-state index contributed by atoms with van der Waals surface area (Å²) in [5, 5.41) is 5.00. The fourth-order valence-corrected chi connectivity index (χ4v) is 1.76. The Kier molecular flexibility index (Phi) is 1.54. The molecule has 2 radical (unpaired) electrons. The van der Waals surface area contributed by atoms with Crippen molar-refractivity contribution in [1.29, 1.82) is 0 Å². The number of hydrogen-bond donors (Lipinski definition) is 0. The molecule has 0 saturated heterocycles. The molecule has 0 aliphatic carbocycles. The molecular weight excluding hydrogens is 168 g/mol. The third-order valence-electron chi connectivity index (χ3n) is 2.48. The molecule has 0 aliphatic heterocycles. The smallest absolute Gasteiger partial charge is 0.0171 e. The lowest BCUT2D eigenvalue weighted by Crippen LogP contribution is -1.75. The van der Waals surface area contributed by atoms with Crippen molar-refractivity contribution >= 4 is 21.5 Å². The molecule has 14 heavy (non-hydrogen) atoms. The third-order valence-corrected chi connectivity index (χ3v) is 2.48. The maximum absolute atomic E-state index is 3.09. The second kappa shape index (κ2) is 2.85. The summed E-state index contributed by atoms with van der Waals surface area (Å²) in [6.45, 7) is 0. The minimum atomic E-state index is 1.24. The van der Waals surface area contributed by atoms with Gasteiger partial charge in [0.25, 0.3) is 0 Å². The average Bonchev–Trinajstić information content (AvgIpc) is 2.26. The zero-order valence-electron chi connectivity index (χ0n) is 7.62. The van der Waals surface area contributed by atoms with Crippen LogP contribution in [0.4, 0.5) is 0 Å². The van der Waals surface area contributed by atoms with Crippen LogP contribution in [0.25, 0.3) is 21.5 Å². The molecule has 0 heterocycles. The van der Waals surface area contributed by atoms with Crippen LogP contribution in [-0.2, 0) is 0 Å². The van der Waals surface area contributed by atoms with Gasteiger partial charge in [0.2, 0.25) is 0 Å². The van der Waals surface area contributed by atoms with Crippen molar-refractivity contribution in [2.24, 2.45) is 0 Å². The highest BCUT2D eigenvalue weighted by Crippen LogP contribution is 2.21. The van der Waals surface area contributed by atoms with E-state index in [9.17, 15) is 0 Å². The molecule has 0 unspecified atom stereocenters. The van der Waals surface area contributed by atoms with Crippen LogP contribution < -0.4 is 0 Å². The average molecular weight is 176 g/mol. The van der Waals surface area contributed by atoms with Crippen LogP contribution in [0.1, 0.15) is 0 Å². The number of benzene rings is 3. The predicted octanol–water partition coefficient (Wildman–Crippen LogP) is 3.59. The van der Waals surface area contributed by atoms with Gasteiger partial charge in [0.1, 0.15) is 0 Å². The first-order chi connectivity index (χ1) is 6.93. The summed E-state index contributed by atoms with van der Waals surface area (Å²) in [7, 11) is 0. The molecular formula is C14H8. The normalized spacial score (nSPS) is 10.9. The Morgan fingerprint density at radius 3 is 1.71 bits per heavy atom. The van der Waals surface area contributed by atoms with Crippen molar-refractivity contribution < 1.29 is 0 Å². The van der Waals surface area contributed by atoms with Gasteiger partial charge in [-0.3, -0.25) is 0 Å². The molecule has 0 heteroatoms. The topological polar surface area (TPSA) is 0 Å². The lowest BCUT2D eigenvalue weighted by molar-refractivity contribution is 1.75. The van der Waals surface area contributed by atoms with E-state index in [1.165, 1.54) is 21.5 Å². The summed E-state index contributed by atoms with van der Waals surface area (Å²) in [5.41, 5.74) is 0. The molecule has 0 atom stereocenters. The van der Waals surface area contributed by atoms with Crippen LogP contribution >= 0.6 is 0 Å². The van der Waals surface area contributed by atoms with Crippen LogP contribution in [0.2, 0.25) is 0 Å². The van der Waals surface area contributed by atoms with Crippen molar-refractivity contribution in [3.63, 3.8) is 0 Å². The Morgan fingerprint density at radius 2 is 1.14 bits per heavy atom. The Morgan fingerprint density at radius 1 is 0.643 bits per heavy atom. The highest BCUT2D eigenvalue weighted by molar-refractivity contribution is 5.97. The van der Waals surface area contributed by atoms with Gasteiger partial charge in [-0.1, -0.05) is 24.3 Å². The van der Waals surface area contributed by atoms with Gasteiger partial charge in [-0.25, -0.2) is 0 Å². The molecule has 3 rings (SSSR count). The molecule has 64 valence electrons. The summed E-state index contributed by atoms with van der Waals surface area (Å²) in [6.07, 6.45) is 0. The summed E-state index contributed by atoms with van der Waals surface area (Å²) in [5.74, 6) is 0. The standard InChI is InChI=1S/C14H8/c1-2-6-12-10-14-8-4-3-7-13(14)9-11(12)5-1/h1,3,5-10H. The second-order valence-corrected chi connectivity index (χ2v) is 3.40. The Hall–Kier alpha value is -1.82. The molecule has 0 amide bonds. The van der Waals surface area contributed by atoms with Gasteiger partial charge in [0.05, 0.1) is 0 Å². The summed E-state index contributed by atoms with van der Waals surface area (Å²) in [6, 6.07) is 22.7. The Labute approximate surface area is 82.8 Å². The molecule has 3 aromatic carbocycles. The minimum Gasteiger partial charge on any atom is -0.0537 e. The van der Waals surface area contributed by atoms with Gasteiger partial charge in [0, 0.05) is 0 Å². The second-order valence-electron chi connectivity index (χ2n) is 3.40. The summed E-state index contributed by atoms with van der Waals surface area (Å²) < 4.78 is 0. The highest BCUT2D eigenvalue weighted by atomic mass is 14.0. The quantitative estimate of drug-likeness (QED) is 0.459. The first-order valence-corrected chi connectivity index (χ1v) is 4.63. The zero-order chi connectivity index (χ0) is 9.38. The van der Waals surface area contributed by atoms with Crippen LogP contribution in [0.3, 0.4) is 0 Å². The molecule has 0 aromatic heterocycles. The van der Waals surface area contributed by atoms with Crippen molar-refractivity contribution in [3.05, 3.63) is 60.7 Å². The van der Waals surface area contributed by atoms with Gasteiger partial charge in [-0.2, -0.15) is 0 Å². The first-order valence-electron chi connectivity index (χ1n) is 4.63. The van der Waals surface area contributed by atoms with E-state index < -0.39 is 0 Å². The largest absolute Gasteiger partial charge is 0.0537 e. The summed E-state index contributed by atoms with van der Waals surface area (Å²) >= 11 is 0. The van der Waals surface area contributed by atoms with E-state index in [2.05, 4.69) is 36.4 Å². The predicted molar refractivity (Wildman–Crippen MR) is 59.1 cm³/mol. The van der Waals surface area contributed by atoms with E-state index >= 15 is 0 Å². The molecule has 0 bridgehead atoms. The van der Waals surface area contributed by atoms with Gasteiger partial charge >= 0.3 is 0 Å². The Bertz CT molecular complexity index is 489. The third kappa shape index (κ3) is 1.08. The molecule has 0 nitrogen and oxygen atoms in total. The van der Waals surface area contributed by atoms with E-state index in [0.717, 1.165) is 0 Å². The Balaban J connectivity index is 2.52. The van der Waals surface area contributed by atoms with Gasteiger partial charge in [0.15, 0.2) is 0 Å². The maximum atomic E-state index is 3.09. The fraction of sp³-hybridized carbons (Fsp3) is 0. The fourth-order valence-electron chi connectivity index (χ4n) is 1.76. The van der Waals surface area contributed by atoms with E-state index in [4.69, 9.17) is 0 Å². The van der Waals surface area contributed by atoms with Crippen LogP contribution in [0.5, 0.6) is 0 Å². The molecule has 0 spiro atoms. The molecule has 0 aliphatic rings. The minimum absolute atomic E-state index is 1.24. The highest BCUT2D eigenvalue weighted by Gasteiger charge is 1.95. The van der Waals surface area contributed by atoms with Crippen LogP contribution in [-0.4, -0.2) is 0 Å². The molecule has 3 aromatic rings. The lowest BCUT2D eigenvalue weighted by atomic mass is 10.0. The van der Waals surface area contributed by atoms with E-state index in [1.54, 1.807) is 0 Å². The monoisotopic (exact) mass is 176 g/mol. The zero-order valence-corrected chi connectivity index (χ0v) is 7.62. The SMILES string of the molecule is [c]1ccc2cc3cc[c]cc3cc2c1. The van der Waals surface area contributed by atoms with E-state index in [1.807, 2.05) is 24.3 Å². The van der Waals surface area contributed by atoms with Crippen molar-refractivity contribution in [2.45, 2.75) is 0 Å². The maximum Gasteiger partial charge on any atom is -0.0171 e.